The minimum atomic E-state index is -0.863. The third-order valence-electron chi connectivity index (χ3n) is 3.21. The van der Waals surface area contributed by atoms with E-state index >= 15 is 0 Å². The standard InChI is InChI=1S/C18H22N2O4S/c1-11(2)19-17(21)12(3)24-18(22)14-6-5-7-16(8-14)23-9-15-10-25-13(4)20-15/h5-8,10-12H,9H2,1-4H3,(H,19,21). The zero-order chi connectivity index (χ0) is 18.4. The Kier molecular flexibility index (Phi) is 6.52. The first-order chi connectivity index (χ1) is 11.8. The topological polar surface area (TPSA) is 77.5 Å². The largest absolute Gasteiger partial charge is 0.487 e. The Morgan fingerprint density at radius 2 is 2.04 bits per heavy atom. The summed E-state index contributed by atoms with van der Waals surface area (Å²) < 4.78 is 10.9. The summed E-state index contributed by atoms with van der Waals surface area (Å²) in [5, 5.41) is 5.61. The van der Waals surface area contributed by atoms with Crippen LogP contribution in [-0.2, 0) is 16.1 Å². The van der Waals surface area contributed by atoms with E-state index in [1.165, 1.54) is 0 Å². The van der Waals surface area contributed by atoms with E-state index in [0.29, 0.717) is 17.9 Å². The molecule has 0 saturated heterocycles. The molecule has 1 aromatic carbocycles. The first-order valence-electron chi connectivity index (χ1n) is 8.00. The molecule has 1 heterocycles. The van der Waals surface area contributed by atoms with Crippen molar-refractivity contribution in [1.29, 1.82) is 0 Å². The highest BCUT2D eigenvalue weighted by molar-refractivity contribution is 7.09. The number of carbonyl (C=O) groups excluding carboxylic acids is 2. The van der Waals surface area contributed by atoms with E-state index in [9.17, 15) is 9.59 Å². The smallest absolute Gasteiger partial charge is 0.339 e. The summed E-state index contributed by atoms with van der Waals surface area (Å²) in [6.45, 7) is 7.49. The lowest BCUT2D eigenvalue weighted by molar-refractivity contribution is -0.129. The monoisotopic (exact) mass is 362 g/mol. The maximum absolute atomic E-state index is 12.2. The average Bonchev–Trinajstić information content (AvgIpc) is 2.98. The number of aryl methyl sites for hydroxylation is 1. The molecule has 2 rings (SSSR count). The molecule has 0 aliphatic rings. The lowest BCUT2D eigenvalue weighted by atomic mass is 10.2. The maximum Gasteiger partial charge on any atom is 0.339 e. The van der Waals surface area contributed by atoms with Gasteiger partial charge in [0.1, 0.15) is 12.4 Å². The summed E-state index contributed by atoms with van der Waals surface area (Å²) in [5.41, 5.74) is 1.17. The zero-order valence-corrected chi connectivity index (χ0v) is 15.6. The van der Waals surface area contributed by atoms with Gasteiger partial charge in [-0.25, -0.2) is 9.78 Å². The third kappa shape index (κ3) is 5.86. The Labute approximate surface area is 151 Å². The number of hydrogen-bond donors (Lipinski definition) is 1. The number of amides is 1. The molecule has 1 aromatic heterocycles. The molecule has 0 bridgehead atoms. The first-order valence-corrected chi connectivity index (χ1v) is 8.88. The van der Waals surface area contributed by atoms with E-state index in [0.717, 1.165) is 10.7 Å². The summed E-state index contributed by atoms with van der Waals surface area (Å²) >= 11 is 1.56. The lowest BCUT2D eigenvalue weighted by Gasteiger charge is -2.15. The van der Waals surface area contributed by atoms with Crippen LogP contribution < -0.4 is 10.1 Å². The van der Waals surface area contributed by atoms with Crippen LogP contribution in [0.4, 0.5) is 0 Å². The predicted molar refractivity (Wildman–Crippen MR) is 95.8 cm³/mol. The molecule has 25 heavy (non-hydrogen) atoms. The minimum Gasteiger partial charge on any atom is -0.487 e. The summed E-state index contributed by atoms with van der Waals surface area (Å²) in [4.78, 5) is 28.4. The van der Waals surface area contributed by atoms with Crippen molar-refractivity contribution in [3.8, 4) is 5.75 Å². The third-order valence-corrected chi connectivity index (χ3v) is 4.03. The van der Waals surface area contributed by atoms with Crippen LogP contribution in [0.3, 0.4) is 0 Å². The maximum atomic E-state index is 12.2. The van der Waals surface area contributed by atoms with Crippen molar-refractivity contribution in [3.63, 3.8) is 0 Å². The first kappa shape index (κ1) is 18.9. The molecule has 1 amide bonds. The Hall–Kier alpha value is -2.41. The number of aromatic nitrogens is 1. The Balaban J connectivity index is 1.95. The molecule has 0 radical (unpaired) electrons. The molecule has 0 spiro atoms. The van der Waals surface area contributed by atoms with Crippen LogP contribution in [0, 0.1) is 6.92 Å². The normalized spacial score (nSPS) is 11.9. The molecule has 6 nitrogen and oxygen atoms in total. The van der Waals surface area contributed by atoms with E-state index < -0.39 is 12.1 Å². The zero-order valence-electron chi connectivity index (χ0n) is 14.7. The van der Waals surface area contributed by atoms with Gasteiger partial charge in [0.2, 0.25) is 0 Å². The molecule has 0 saturated carbocycles. The molecule has 1 unspecified atom stereocenters. The van der Waals surface area contributed by atoms with Crippen molar-refractivity contribution in [2.24, 2.45) is 0 Å². The molecule has 134 valence electrons. The van der Waals surface area contributed by atoms with E-state index in [4.69, 9.17) is 9.47 Å². The van der Waals surface area contributed by atoms with E-state index in [-0.39, 0.29) is 11.9 Å². The number of thiazole rings is 1. The van der Waals surface area contributed by atoms with Gasteiger partial charge in [-0.3, -0.25) is 4.79 Å². The van der Waals surface area contributed by atoms with E-state index in [2.05, 4.69) is 10.3 Å². The van der Waals surface area contributed by atoms with Gasteiger partial charge in [0.25, 0.3) is 5.91 Å². The molecular weight excluding hydrogens is 340 g/mol. The second kappa shape index (κ2) is 8.62. The number of nitrogens with zero attached hydrogens (tertiary/aromatic N) is 1. The van der Waals surface area contributed by atoms with Crippen LogP contribution >= 0.6 is 11.3 Å². The number of carbonyl (C=O) groups is 2. The number of ether oxygens (including phenoxy) is 2. The lowest BCUT2D eigenvalue weighted by Crippen LogP contribution is -2.39. The van der Waals surface area contributed by atoms with Crippen LogP contribution in [0.5, 0.6) is 5.75 Å². The van der Waals surface area contributed by atoms with Crippen molar-refractivity contribution >= 4 is 23.2 Å². The van der Waals surface area contributed by atoms with Crippen molar-refractivity contribution in [2.45, 2.75) is 46.4 Å². The van der Waals surface area contributed by atoms with Gasteiger partial charge in [-0.15, -0.1) is 11.3 Å². The van der Waals surface area contributed by atoms with Gasteiger partial charge in [0.15, 0.2) is 6.10 Å². The van der Waals surface area contributed by atoms with Crippen molar-refractivity contribution in [2.75, 3.05) is 0 Å². The minimum absolute atomic E-state index is 0.0141. The SMILES string of the molecule is Cc1nc(COc2cccc(C(=O)OC(C)C(=O)NC(C)C)c2)cs1. The molecule has 1 N–H and O–H groups in total. The van der Waals surface area contributed by atoms with Crippen LogP contribution in [0.25, 0.3) is 0 Å². The van der Waals surface area contributed by atoms with Crippen LogP contribution in [-0.4, -0.2) is 29.0 Å². The summed E-state index contributed by atoms with van der Waals surface area (Å²) in [6, 6.07) is 6.66. The molecular formula is C18H22N2O4S. The molecule has 0 aliphatic carbocycles. The van der Waals surface area contributed by atoms with Gasteiger partial charge in [-0.2, -0.15) is 0 Å². The molecule has 2 aromatic rings. The van der Waals surface area contributed by atoms with Gasteiger partial charge in [-0.05, 0) is 45.9 Å². The summed E-state index contributed by atoms with van der Waals surface area (Å²) in [6.07, 6.45) is -0.863. The highest BCUT2D eigenvalue weighted by atomic mass is 32.1. The Morgan fingerprint density at radius 1 is 1.28 bits per heavy atom. The number of nitrogens with one attached hydrogen (secondary N) is 1. The van der Waals surface area contributed by atoms with Gasteiger partial charge in [-0.1, -0.05) is 6.07 Å². The molecule has 0 fully saturated rings. The van der Waals surface area contributed by atoms with E-state index in [1.807, 2.05) is 26.2 Å². The number of esters is 1. The van der Waals surface area contributed by atoms with Gasteiger partial charge in [0.05, 0.1) is 16.3 Å². The highest BCUT2D eigenvalue weighted by Crippen LogP contribution is 2.17. The molecule has 7 heteroatoms. The van der Waals surface area contributed by atoms with Crippen LogP contribution in [0.1, 0.15) is 41.8 Å². The number of benzene rings is 1. The van der Waals surface area contributed by atoms with E-state index in [1.54, 1.807) is 42.5 Å². The van der Waals surface area contributed by atoms with Crippen molar-refractivity contribution in [3.05, 3.63) is 45.9 Å². The van der Waals surface area contributed by atoms with Gasteiger partial charge < -0.3 is 14.8 Å². The van der Waals surface area contributed by atoms with Crippen molar-refractivity contribution < 1.29 is 19.1 Å². The fourth-order valence-corrected chi connectivity index (χ4v) is 2.63. The van der Waals surface area contributed by atoms with Crippen molar-refractivity contribution in [1.82, 2.24) is 10.3 Å². The van der Waals surface area contributed by atoms with Gasteiger partial charge >= 0.3 is 5.97 Å². The summed E-state index contributed by atoms with van der Waals surface area (Å²) in [7, 11) is 0. The van der Waals surface area contributed by atoms with Crippen LogP contribution in [0.2, 0.25) is 0 Å². The average molecular weight is 362 g/mol. The highest BCUT2D eigenvalue weighted by Gasteiger charge is 2.19. The number of hydrogen-bond acceptors (Lipinski definition) is 6. The predicted octanol–water partition coefficient (Wildman–Crippen LogP) is 3.10. The fraction of sp³-hybridized carbons (Fsp3) is 0.389. The summed E-state index contributed by atoms with van der Waals surface area (Å²) in [5.74, 6) is -0.351. The Morgan fingerprint density at radius 3 is 2.68 bits per heavy atom. The Bertz CT molecular complexity index is 742. The van der Waals surface area contributed by atoms with Gasteiger partial charge in [0, 0.05) is 11.4 Å². The molecule has 1 atom stereocenters. The fourth-order valence-electron chi connectivity index (χ4n) is 2.03. The quantitative estimate of drug-likeness (QED) is 0.766. The second-order valence-corrected chi connectivity index (χ2v) is 6.95. The number of rotatable bonds is 7. The van der Waals surface area contributed by atoms with Crippen LogP contribution in [0.15, 0.2) is 29.6 Å². The second-order valence-electron chi connectivity index (χ2n) is 5.89. The molecule has 0 aliphatic heterocycles.